The van der Waals surface area contributed by atoms with Crippen molar-refractivity contribution < 1.29 is 24.2 Å². The van der Waals surface area contributed by atoms with Crippen molar-refractivity contribution in [2.24, 2.45) is 0 Å². The van der Waals surface area contributed by atoms with Gasteiger partial charge in [-0.3, -0.25) is 14.5 Å². The van der Waals surface area contributed by atoms with Gasteiger partial charge in [-0.15, -0.1) is 0 Å². The second-order valence-corrected chi connectivity index (χ2v) is 5.51. The first-order valence-electron chi connectivity index (χ1n) is 6.52. The van der Waals surface area contributed by atoms with Crippen molar-refractivity contribution in [2.75, 3.05) is 6.54 Å². The van der Waals surface area contributed by atoms with E-state index in [1.54, 1.807) is 27.7 Å². The second-order valence-electron chi connectivity index (χ2n) is 5.51. The molecule has 0 bridgehead atoms. The molecule has 2 amide bonds. The smallest absolute Gasteiger partial charge is 0.410 e. The van der Waals surface area contributed by atoms with Crippen molar-refractivity contribution in [3.63, 3.8) is 0 Å². The minimum Gasteiger partial charge on any atom is -0.480 e. The van der Waals surface area contributed by atoms with Crippen LogP contribution in [0.2, 0.25) is 0 Å². The van der Waals surface area contributed by atoms with Crippen LogP contribution in [-0.4, -0.2) is 52.2 Å². The van der Waals surface area contributed by atoms with Crippen LogP contribution in [0.3, 0.4) is 0 Å². The Morgan fingerprint density at radius 2 is 1.75 bits per heavy atom. The number of likely N-dealkylation sites (N-methyl/N-ethyl adjacent to an activating group) is 1. The number of nitrogens with zero attached hydrogens (tertiary/aromatic N) is 1. The largest absolute Gasteiger partial charge is 0.480 e. The zero-order valence-electron chi connectivity index (χ0n) is 12.9. The van der Waals surface area contributed by atoms with E-state index in [0.29, 0.717) is 0 Å². The predicted octanol–water partition coefficient (Wildman–Crippen LogP) is 1.22. The maximum absolute atomic E-state index is 12.0. The number of carboxylic acids is 1. The molecule has 2 N–H and O–H groups in total. The van der Waals surface area contributed by atoms with Crippen LogP contribution in [0.15, 0.2) is 0 Å². The Kier molecular flexibility index (Phi) is 6.48. The molecule has 0 fully saturated rings. The third-order valence-electron chi connectivity index (χ3n) is 2.54. The fraction of sp³-hybridized carbons (Fsp3) is 0.769. The first kappa shape index (κ1) is 18.2. The Hall–Kier alpha value is -1.79. The van der Waals surface area contributed by atoms with Gasteiger partial charge in [-0.2, -0.15) is 0 Å². The summed E-state index contributed by atoms with van der Waals surface area (Å²) in [6.45, 7) is 10.1. The van der Waals surface area contributed by atoms with Crippen LogP contribution in [0.1, 0.15) is 41.5 Å². The Bertz CT molecular complexity index is 375. The number of hydrogen-bond donors (Lipinski definition) is 2. The summed E-state index contributed by atoms with van der Waals surface area (Å²) in [5, 5.41) is 11.1. The van der Waals surface area contributed by atoms with Gasteiger partial charge in [0.2, 0.25) is 5.91 Å². The van der Waals surface area contributed by atoms with Crippen molar-refractivity contribution in [3.05, 3.63) is 0 Å². The number of amides is 2. The number of aliphatic carboxylic acids is 1. The van der Waals surface area contributed by atoms with Gasteiger partial charge in [0.15, 0.2) is 0 Å². The molecule has 116 valence electrons. The number of carbonyl (C=O) groups excluding carboxylic acids is 2. The summed E-state index contributed by atoms with van der Waals surface area (Å²) >= 11 is 0. The summed E-state index contributed by atoms with van der Waals surface area (Å²) in [4.78, 5) is 35.8. The summed E-state index contributed by atoms with van der Waals surface area (Å²) < 4.78 is 5.21. The van der Waals surface area contributed by atoms with Crippen LogP contribution < -0.4 is 5.32 Å². The molecule has 0 aromatic rings. The highest BCUT2D eigenvalue weighted by Gasteiger charge is 2.29. The molecule has 0 radical (unpaired) electrons. The van der Waals surface area contributed by atoms with E-state index in [1.165, 1.54) is 18.7 Å². The second kappa shape index (κ2) is 7.12. The average molecular weight is 288 g/mol. The van der Waals surface area contributed by atoms with Gasteiger partial charge in [0.05, 0.1) is 0 Å². The highest BCUT2D eigenvalue weighted by Crippen LogP contribution is 2.12. The molecular formula is C13H24N2O5. The molecule has 0 aliphatic carbocycles. The SMILES string of the molecule is CCN(C(=O)OC(C)(C)C)C(C)C(=O)NC(C)C(=O)O. The van der Waals surface area contributed by atoms with Crippen molar-refractivity contribution >= 4 is 18.0 Å². The highest BCUT2D eigenvalue weighted by molar-refractivity contribution is 5.88. The van der Waals surface area contributed by atoms with Crippen molar-refractivity contribution in [1.29, 1.82) is 0 Å². The van der Waals surface area contributed by atoms with Crippen LogP contribution in [0.5, 0.6) is 0 Å². The number of carbonyl (C=O) groups is 3. The zero-order valence-corrected chi connectivity index (χ0v) is 12.9. The van der Waals surface area contributed by atoms with Gasteiger partial charge in [-0.05, 0) is 41.5 Å². The molecule has 0 aromatic heterocycles. The van der Waals surface area contributed by atoms with E-state index in [0.717, 1.165) is 0 Å². The van der Waals surface area contributed by atoms with E-state index >= 15 is 0 Å². The lowest BCUT2D eigenvalue weighted by Crippen LogP contribution is -2.52. The lowest BCUT2D eigenvalue weighted by Gasteiger charge is -2.30. The predicted molar refractivity (Wildman–Crippen MR) is 73.3 cm³/mol. The van der Waals surface area contributed by atoms with Crippen molar-refractivity contribution in [2.45, 2.75) is 59.2 Å². The normalized spacial score (nSPS) is 14.1. The maximum atomic E-state index is 12.0. The van der Waals surface area contributed by atoms with Gasteiger partial charge >= 0.3 is 12.1 Å². The molecule has 0 aromatic carbocycles. The monoisotopic (exact) mass is 288 g/mol. The average Bonchev–Trinajstić information content (AvgIpc) is 2.26. The molecule has 2 atom stereocenters. The summed E-state index contributed by atoms with van der Waals surface area (Å²) in [7, 11) is 0. The van der Waals surface area contributed by atoms with E-state index in [9.17, 15) is 14.4 Å². The van der Waals surface area contributed by atoms with Gasteiger partial charge in [-0.1, -0.05) is 0 Å². The van der Waals surface area contributed by atoms with E-state index in [-0.39, 0.29) is 6.54 Å². The molecule has 7 heteroatoms. The molecule has 7 nitrogen and oxygen atoms in total. The first-order valence-corrected chi connectivity index (χ1v) is 6.52. The fourth-order valence-electron chi connectivity index (χ4n) is 1.42. The highest BCUT2D eigenvalue weighted by atomic mass is 16.6. The fourth-order valence-corrected chi connectivity index (χ4v) is 1.42. The molecular weight excluding hydrogens is 264 g/mol. The lowest BCUT2D eigenvalue weighted by molar-refractivity contribution is -0.142. The topological polar surface area (TPSA) is 95.9 Å². The van der Waals surface area contributed by atoms with Crippen LogP contribution in [0, 0.1) is 0 Å². The Labute approximate surface area is 119 Å². The molecule has 0 aliphatic rings. The Morgan fingerprint density at radius 3 is 2.10 bits per heavy atom. The van der Waals surface area contributed by atoms with Gasteiger partial charge in [0.25, 0.3) is 0 Å². The Balaban J connectivity index is 4.77. The number of carboxylic acid groups (broad SMARTS) is 1. The number of ether oxygens (including phenoxy) is 1. The summed E-state index contributed by atoms with van der Waals surface area (Å²) in [6.07, 6.45) is -0.606. The van der Waals surface area contributed by atoms with E-state index in [4.69, 9.17) is 9.84 Å². The first-order chi connectivity index (χ1) is 8.99. The van der Waals surface area contributed by atoms with E-state index in [1.807, 2.05) is 0 Å². The maximum Gasteiger partial charge on any atom is 0.410 e. The van der Waals surface area contributed by atoms with Crippen molar-refractivity contribution in [3.8, 4) is 0 Å². The summed E-state index contributed by atoms with van der Waals surface area (Å²) in [5.41, 5.74) is -0.658. The minimum absolute atomic E-state index is 0.283. The summed E-state index contributed by atoms with van der Waals surface area (Å²) in [5.74, 6) is -1.67. The van der Waals surface area contributed by atoms with Gasteiger partial charge in [-0.25, -0.2) is 4.79 Å². The van der Waals surface area contributed by atoms with Gasteiger partial charge in [0, 0.05) is 6.54 Å². The quantitative estimate of drug-likeness (QED) is 0.793. The number of nitrogens with one attached hydrogen (secondary N) is 1. The number of hydrogen-bond acceptors (Lipinski definition) is 4. The molecule has 0 spiro atoms. The third kappa shape index (κ3) is 5.90. The molecule has 0 saturated carbocycles. The van der Waals surface area contributed by atoms with Crippen LogP contribution in [0.4, 0.5) is 4.79 Å². The molecule has 0 heterocycles. The van der Waals surface area contributed by atoms with E-state index in [2.05, 4.69) is 5.32 Å². The molecule has 0 saturated heterocycles. The van der Waals surface area contributed by atoms with Crippen LogP contribution in [0.25, 0.3) is 0 Å². The van der Waals surface area contributed by atoms with Crippen molar-refractivity contribution in [1.82, 2.24) is 10.2 Å². The van der Waals surface area contributed by atoms with Crippen LogP contribution >= 0.6 is 0 Å². The molecule has 0 rings (SSSR count). The number of rotatable bonds is 5. The molecule has 2 unspecified atom stereocenters. The zero-order chi connectivity index (χ0) is 16.1. The van der Waals surface area contributed by atoms with Crippen LogP contribution in [-0.2, 0) is 14.3 Å². The van der Waals surface area contributed by atoms with E-state index < -0.39 is 35.7 Å². The van der Waals surface area contributed by atoms with Gasteiger partial charge in [0.1, 0.15) is 17.7 Å². The summed E-state index contributed by atoms with van der Waals surface area (Å²) in [6, 6.07) is -1.82. The minimum atomic E-state index is -1.13. The third-order valence-corrected chi connectivity index (χ3v) is 2.54. The van der Waals surface area contributed by atoms with Gasteiger partial charge < -0.3 is 15.2 Å². The molecule has 0 aliphatic heterocycles. The Morgan fingerprint density at radius 1 is 1.25 bits per heavy atom. The lowest BCUT2D eigenvalue weighted by atomic mass is 10.2. The molecule has 20 heavy (non-hydrogen) atoms. The standard InChI is InChI=1S/C13H24N2O5/c1-7-15(12(19)20-13(4,5)6)9(3)10(16)14-8(2)11(17)18/h8-9H,7H2,1-6H3,(H,14,16)(H,17,18).